The molecule has 9 heteroatoms. The maximum absolute atomic E-state index is 12.5. The number of aryl methyl sites for hydroxylation is 1. The van der Waals surface area contributed by atoms with Crippen LogP contribution in [0.2, 0.25) is 0 Å². The van der Waals surface area contributed by atoms with Gasteiger partial charge in [0, 0.05) is 26.1 Å². The number of nitrogens with zero attached hydrogens (tertiary/aromatic N) is 4. The van der Waals surface area contributed by atoms with E-state index >= 15 is 0 Å². The van der Waals surface area contributed by atoms with E-state index in [-0.39, 0.29) is 11.8 Å². The molecule has 0 unspecified atom stereocenters. The molecule has 2 aromatic rings. The van der Waals surface area contributed by atoms with Gasteiger partial charge in [-0.15, -0.1) is 5.10 Å². The molecule has 3 rings (SSSR count). The van der Waals surface area contributed by atoms with E-state index in [1.165, 1.54) is 0 Å². The van der Waals surface area contributed by atoms with Gasteiger partial charge < -0.3 is 9.32 Å². The largest absolute Gasteiger partial charge is 0.434 e. The average Bonchev–Trinajstić information content (AvgIpc) is 3.05. The van der Waals surface area contributed by atoms with Crippen LogP contribution in [0.25, 0.3) is 0 Å². The van der Waals surface area contributed by atoms with Crippen LogP contribution in [0.5, 0.6) is 0 Å². The van der Waals surface area contributed by atoms with Crippen molar-refractivity contribution in [1.82, 2.24) is 24.9 Å². The van der Waals surface area contributed by atoms with Gasteiger partial charge in [-0.05, 0) is 28.8 Å². The first-order chi connectivity index (χ1) is 10.1. The van der Waals surface area contributed by atoms with E-state index in [2.05, 4.69) is 31.2 Å². The number of carbonyl (C=O) groups excluding carboxylic acids is 1. The second-order valence-corrected chi connectivity index (χ2v) is 5.84. The van der Waals surface area contributed by atoms with Crippen LogP contribution in [0.1, 0.15) is 35.1 Å². The zero-order valence-corrected chi connectivity index (χ0v) is 13.0. The first-order valence-electron chi connectivity index (χ1n) is 6.58. The number of hydrogen-bond donors (Lipinski definition) is 1. The van der Waals surface area contributed by atoms with Gasteiger partial charge in [0.2, 0.25) is 5.89 Å². The molecule has 2 aromatic heterocycles. The highest BCUT2D eigenvalue weighted by Gasteiger charge is 2.29. The Morgan fingerprint density at radius 1 is 1.48 bits per heavy atom. The van der Waals surface area contributed by atoms with Crippen molar-refractivity contribution in [2.75, 3.05) is 13.1 Å². The third-order valence-corrected chi connectivity index (χ3v) is 4.26. The van der Waals surface area contributed by atoms with Gasteiger partial charge in [0.05, 0.1) is 10.7 Å². The van der Waals surface area contributed by atoms with Gasteiger partial charge in [-0.25, -0.2) is 9.89 Å². The van der Waals surface area contributed by atoms with Crippen LogP contribution in [-0.2, 0) is 7.05 Å². The number of likely N-dealkylation sites (tertiary alicyclic amines) is 1. The maximum atomic E-state index is 12.5. The Kier molecular flexibility index (Phi) is 3.66. The van der Waals surface area contributed by atoms with Crippen molar-refractivity contribution in [3.8, 4) is 0 Å². The van der Waals surface area contributed by atoms with E-state index in [1.807, 2.05) is 0 Å². The molecule has 1 aliphatic heterocycles. The molecule has 0 aliphatic carbocycles. The molecule has 1 aliphatic rings. The fraction of sp³-hybridized carbons (Fsp3) is 0.500. The zero-order chi connectivity index (χ0) is 15.0. The maximum Gasteiger partial charge on any atom is 0.434 e. The quantitative estimate of drug-likeness (QED) is 0.862. The van der Waals surface area contributed by atoms with Crippen LogP contribution < -0.4 is 5.76 Å². The van der Waals surface area contributed by atoms with Crippen LogP contribution in [-0.4, -0.2) is 43.9 Å². The monoisotopic (exact) mass is 355 g/mol. The predicted octanol–water partition coefficient (Wildman–Crippen LogP) is 0.879. The fourth-order valence-electron chi connectivity index (χ4n) is 2.55. The summed E-state index contributed by atoms with van der Waals surface area (Å²) in [6.07, 6.45) is 3.04. The number of carbonyl (C=O) groups is 1. The standard InChI is InChI=1S/C12H14BrN5O3/c1-17-9(8(13)6-14-17)11(19)18-4-2-7(3-5-18)10-15-16-12(20)21-10/h6-7H,2-5H2,1H3,(H,16,20). The van der Waals surface area contributed by atoms with Crippen LogP contribution in [0.15, 0.2) is 19.9 Å². The smallest absolute Gasteiger partial charge is 0.392 e. The van der Waals surface area contributed by atoms with E-state index < -0.39 is 5.76 Å². The fourth-order valence-corrected chi connectivity index (χ4v) is 3.06. The zero-order valence-electron chi connectivity index (χ0n) is 11.4. The normalized spacial score (nSPS) is 16.4. The number of aromatic amines is 1. The van der Waals surface area contributed by atoms with Crippen LogP contribution in [0.4, 0.5) is 0 Å². The molecule has 0 aromatic carbocycles. The number of nitrogens with one attached hydrogen (secondary N) is 1. The SMILES string of the molecule is Cn1ncc(Br)c1C(=O)N1CCC(c2n[nH]c(=O)o2)CC1. The lowest BCUT2D eigenvalue weighted by Gasteiger charge is -2.30. The van der Waals surface area contributed by atoms with Gasteiger partial charge in [-0.3, -0.25) is 9.48 Å². The summed E-state index contributed by atoms with van der Waals surface area (Å²) in [6, 6.07) is 0. The summed E-state index contributed by atoms with van der Waals surface area (Å²) in [6.45, 7) is 1.19. The molecule has 0 spiro atoms. The number of H-pyrrole nitrogens is 1. The number of aromatic nitrogens is 4. The van der Waals surface area contributed by atoms with Crippen molar-refractivity contribution in [2.24, 2.45) is 7.05 Å². The van der Waals surface area contributed by atoms with Gasteiger partial charge in [0.1, 0.15) is 5.69 Å². The Morgan fingerprint density at radius 2 is 2.19 bits per heavy atom. The van der Waals surface area contributed by atoms with Crippen molar-refractivity contribution < 1.29 is 9.21 Å². The first kappa shape index (κ1) is 14.1. The van der Waals surface area contributed by atoms with Crippen molar-refractivity contribution in [3.05, 3.63) is 32.8 Å². The lowest BCUT2D eigenvalue weighted by Crippen LogP contribution is -2.39. The van der Waals surface area contributed by atoms with E-state index in [9.17, 15) is 9.59 Å². The molecule has 0 radical (unpaired) electrons. The second-order valence-electron chi connectivity index (χ2n) is 4.98. The number of piperidine rings is 1. The van der Waals surface area contributed by atoms with Crippen LogP contribution >= 0.6 is 15.9 Å². The summed E-state index contributed by atoms with van der Waals surface area (Å²) in [7, 11) is 1.74. The van der Waals surface area contributed by atoms with E-state index in [1.54, 1.807) is 22.8 Å². The van der Waals surface area contributed by atoms with Crippen molar-refractivity contribution in [1.29, 1.82) is 0 Å². The molecule has 112 valence electrons. The molecule has 3 heterocycles. The molecule has 1 amide bonds. The van der Waals surface area contributed by atoms with E-state index in [0.717, 1.165) is 12.8 Å². The minimum absolute atomic E-state index is 0.0520. The summed E-state index contributed by atoms with van der Waals surface area (Å²) >= 11 is 3.34. The molecule has 0 bridgehead atoms. The highest BCUT2D eigenvalue weighted by Crippen LogP contribution is 2.27. The molecular formula is C12H14BrN5O3. The Labute approximate surface area is 128 Å². The Balaban J connectivity index is 1.68. The minimum atomic E-state index is -0.540. The Morgan fingerprint density at radius 3 is 2.71 bits per heavy atom. The summed E-state index contributed by atoms with van der Waals surface area (Å²) < 4.78 is 7.23. The first-order valence-corrected chi connectivity index (χ1v) is 7.37. The van der Waals surface area contributed by atoms with Crippen molar-refractivity contribution in [3.63, 3.8) is 0 Å². The van der Waals surface area contributed by atoms with Gasteiger partial charge in [-0.2, -0.15) is 5.10 Å². The van der Waals surface area contributed by atoms with Gasteiger partial charge in [0.15, 0.2) is 0 Å². The molecule has 21 heavy (non-hydrogen) atoms. The predicted molar refractivity (Wildman–Crippen MR) is 75.9 cm³/mol. The van der Waals surface area contributed by atoms with E-state index in [0.29, 0.717) is 29.1 Å². The number of halogens is 1. The lowest BCUT2D eigenvalue weighted by atomic mass is 9.96. The third kappa shape index (κ3) is 2.65. The highest BCUT2D eigenvalue weighted by atomic mass is 79.9. The van der Waals surface area contributed by atoms with Crippen molar-refractivity contribution >= 4 is 21.8 Å². The minimum Gasteiger partial charge on any atom is -0.392 e. The van der Waals surface area contributed by atoms with Crippen LogP contribution in [0.3, 0.4) is 0 Å². The molecule has 8 nitrogen and oxygen atoms in total. The number of rotatable bonds is 2. The molecular weight excluding hydrogens is 342 g/mol. The van der Waals surface area contributed by atoms with Gasteiger partial charge in [0.25, 0.3) is 5.91 Å². The van der Waals surface area contributed by atoms with E-state index in [4.69, 9.17) is 4.42 Å². The summed E-state index contributed by atoms with van der Waals surface area (Å²) in [4.78, 5) is 25.2. The van der Waals surface area contributed by atoms with Crippen molar-refractivity contribution in [2.45, 2.75) is 18.8 Å². The summed E-state index contributed by atoms with van der Waals surface area (Å²) in [5.41, 5.74) is 0.541. The van der Waals surface area contributed by atoms with Crippen LogP contribution in [0, 0.1) is 0 Å². The summed E-state index contributed by atoms with van der Waals surface area (Å²) in [5, 5.41) is 10.2. The summed E-state index contributed by atoms with van der Waals surface area (Å²) in [5.74, 6) is -0.0945. The van der Waals surface area contributed by atoms with Gasteiger partial charge >= 0.3 is 5.76 Å². The Hall–Kier alpha value is -1.90. The molecule has 0 saturated carbocycles. The molecule has 1 N–H and O–H groups in total. The molecule has 1 saturated heterocycles. The Bertz CT molecular complexity index is 691. The number of hydrogen-bond acceptors (Lipinski definition) is 5. The van der Waals surface area contributed by atoms with Gasteiger partial charge in [-0.1, -0.05) is 0 Å². The lowest BCUT2D eigenvalue weighted by molar-refractivity contribution is 0.0694. The molecule has 1 fully saturated rings. The average molecular weight is 356 g/mol. The highest BCUT2D eigenvalue weighted by molar-refractivity contribution is 9.10. The second kappa shape index (κ2) is 5.47. The topological polar surface area (TPSA) is 97.0 Å². The number of amides is 1. The third-order valence-electron chi connectivity index (χ3n) is 3.68. The molecule has 0 atom stereocenters.